The Morgan fingerprint density at radius 1 is 1.07 bits per heavy atom. The molecular weight excluding hydrogens is 542 g/mol. The van der Waals surface area contributed by atoms with Crippen LogP contribution in [0.3, 0.4) is 0 Å². The molecule has 10 heteroatoms. The average molecular weight is 567 g/mol. The molecular formula is C32H24F2N4O4. The van der Waals surface area contributed by atoms with Crippen LogP contribution in [0.15, 0.2) is 72.8 Å². The van der Waals surface area contributed by atoms with Gasteiger partial charge in [-0.25, -0.2) is 23.5 Å². The number of nitrogens with zero attached hydrogens (tertiary/aromatic N) is 4. The number of halogens is 2. The highest BCUT2D eigenvalue weighted by molar-refractivity contribution is 5.92. The second kappa shape index (κ2) is 11.4. The molecule has 2 aromatic heterocycles. The third kappa shape index (κ3) is 5.55. The number of carboxylic acid groups (broad SMARTS) is 1. The number of aromatic carboxylic acids is 1. The van der Waals surface area contributed by atoms with Crippen LogP contribution in [0.5, 0.6) is 5.88 Å². The molecule has 6 rings (SSSR count). The van der Waals surface area contributed by atoms with Gasteiger partial charge < -0.3 is 19.1 Å². The Hall–Kier alpha value is -5.14. The fourth-order valence-corrected chi connectivity index (χ4v) is 4.84. The van der Waals surface area contributed by atoms with Crippen molar-refractivity contribution in [2.24, 2.45) is 0 Å². The van der Waals surface area contributed by atoms with Gasteiger partial charge in [-0.1, -0.05) is 18.2 Å². The number of carboxylic acids is 1. The van der Waals surface area contributed by atoms with Crippen LogP contribution in [0.4, 0.5) is 8.78 Å². The van der Waals surface area contributed by atoms with E-state index in [9.17, 15) is 9.90 Å². The SMILES string of the molecule is N#Cc1ccc(COc2cccc(-c3cc(F)c(Cc4nc5ccc(C(=O)O)cc5n4C[C@@H]4CCO4)cc3F)n2)cc1. The second-order valence-corrected chi connectivity index (χ2v) is 9.99. The molecule has 1 atom stereocenters. The minimum absolute atomic E-state index is 0.00594. The van der Waals surface area contributed by atoms with Gasteiger partial charge in [-0.3, -0.25) is 0 Å². The number of aromatic nitrogens is 3. The van der Waals surface area contributed by atoms with Crippen molar-refractivity contribution >= 4 is 17.0 Å². The van der Waals surface area contributed by atoms with E-state index in [0.29, 0.717) is 35.6 Å². The van der Waals surface area contributed by atoms with E-state index >= 15 is 8.78 Å². The first-order valence-electron chi connectivity index (χ1n) is 13.3. The fourth-order valence-electron chi connectivity index (χ4n) is 4.84. The summed E-state index contributed by atoms with van der Waals surface area (Å²) in [4.78, 5) is 20.5. The van der Waals surface area contributed by atoms with Crippen LogP contribution >= 0.6 is 0 Å². The number of nitriles is 1. The molecule has 3 aromatic carbocycles. The summed E-state index contributed by atoms with van der Waals surface area (Å²) < 4.78 is 44.0. The average Bonchev–Trinajstić information content (AvgIpc) is 3.31. The van der Waals surface area contributed by atoms with Gasteiger partial charge in [0.2, 0.25) is 5.88 Å². The maximum Gasteiger partial charge on any atom is 0.335 e. The summed E-state index contributed by atoms with van der Waals surface area (Å²) in [5.41, 5.74) is 2.95. The minimum atomic E-state index is -1.06. The Morgan fingerprint density at radius 3 is 2.60 bits per heavy atom. The quantitative estimate of drug-likeness (QED) is 0.236. The van der Waals surface area contributed by atoms with E-state index < -0.39 is 17.6 Å². The van der Waals surface area contributed by atoms with Crippen molar-refractivity contribution < 1.29 is 28.2 Å². The Morgan fingerprint density at radius 2 is 1.88 bits per heavy atom. The maximum atomic E-state index is 15.4. The summed E-state index contributed by atoms with van der Waals surface area (Å²) in [6.45, 7) is 1.26. The Kier molecular flexibility index (Phi) is 7.33. The lowest BCUT2D eigenvalue weighted by Gasteiger charge is -2.27. The Balaban J connectivity index is 1.26. The molecule has 0 amide bonds. The molecule has 210 valence electrons. The second-order valence-electron chi connectivity index (χ2n) is 9.99. The van der Waals surface area contributed by atoms with Gasteiger partial charge in [0.15, 0.2) is 0 Å². The highest BCUT2D eigenvalue weighted by atomic mass is 19.1. The highest BCUT2D eigenvalue weighted by Gasteiger charge is 2.23. The van der Waals surface area contributed by atoms with Crippen LogP contribution in [0.2, 0.25) is 0 Å². The van der Waals surface area contributed by atoms with E-state index in [0.717, 1.165) is 24.1 Å². The molecule has 0 unspecified atom stereocenters. The third-order valence-electron chi connectivity index (χ3n) is 7.21. The molecule has 0 saturated carbocycles. The van der Waals surface area contributed by atoms with E-state index in [2.05, 4.69) is 16.0 Å². The lowest BCUT2D eigenvalue weighted by molar-refractivity contribution is -0.0589. The smallest absolute Gasteiger partial charge is 0.335 e. The molecule has 42 heavy (non-hydrogen) atoms. The normalized spacial score (nSPS) is 14.4. The summed E-state index contributed by atoms with van der Waals surface area (Å²) >= 11 is 0. The summed E-state index contributed by atoms with van der Waals surface area (Å²) in [7, 11) is 0. The van der Waals surface area contributed by atoms with Crippen molar-refractivity contribution in [3.05, 3.63) is 113 Å². The van der Waals surface area contributed by atoms with E-state index in [-0.39, 0.29) is 47.4 Å². The van der Waals surface area contributed by atoms with Gasteiger partial charge in [0, 0.05) is 24.7 Å². The monoisotopic (exact) mass is 566 g/mol. The van der Waals surface area contributed by atoms with Gasteiger partial charge in [0.25, 0.3) is 0 Å². The molecule has 1 N–H and O–H groups in total. The van der Waals surface area contributed by atoms with Crippen LogP contribution in [-0.4, -0.2) is 38.3 Å². The van der Waals surface area contributed by atoms with Gasteiger partial charge >= 0.3 is 5.97 Å². The Labute approximate surface area is 239 Å². The molecule has 8 nitrogen and oxygen atoms in total. The predicted octanol–water partition coefficient (Wildman–Crippen LogP) is 5.91. The topological polar surface area (TPSA) is 110 Å². The molecule has 5 aromatic rings. The lowest BCUT2D eigenvalue weighted by atomic mass is 10.0. The number of hydrogen-bond donors (Lipinski definition) is 1. The summed E-state index contributed by atoms with van der Waals surface area (Å²) in [6, 6.07) is 20.7. The molecule has 1 aliphatic rings. The molecule has 1 aliphatic heterocycles. The summed E-state index contributed by atoms with van der Waals surface area (Å²) in [5.74, 6) is -1.62. The number of rotatable bonds is 9. The van der Waals surface area contributed by atoms with Crippen molar-refractivity contribution in [2.45, 2.75) is 32.1 Å². The van der Waals surface area contributed by atoms with Gasteiger partial charge in [0.1, 0.15) is 24.1 Å². The fraction of sp³-hybridized carbons (Fsp3) is 0.188. The largest absolute Gasteiger partial charge is 0.478 e. The van der Waals surface area contributed by atoms with Gasteiger partial charge in [-0.15, -0.1) is 0 Å². The number of ether oxygens (including phenoxy) is 2. The van der Waals surface area contributed by atoms with E-state index in [4.69, 9.17) is 14.7 Å². The molecule has 0 bridgehead atoms. The number of imidazole rings is 1. The van der Waals surface area contributed by atoms with Crippen LogP contribution in [0.1, 0.15) is 39.3 Å². The van der Waals surface area contributed by atoms with Crippen LogP contribution in [-0.2, 0) is 24.3 Å². The van der Waals surface area contributed by atoms with Crippen molar-refractivity contribution in [2.75, 3.05) is 6.61 Å². The first-order chi connectivity index (χ1) is 20.4. The molecule has 0 radical (unpaired) electrons. The van der Waals surface area contributed by atoms with Crippen molar-refractivity contribution in [3.63, 3.8) is 0 Å². The number of hydrogen-bond acceptors (Lipinski definition) is 6. The molecule has 1 saturated heterocycles. The standard InChI is InChI=1S/C32H24F2N4O4/c33-25-15-24(27-2-1-3-31(37-27)42-18-20-6-4-19(16-35)5-7-20)26(34)12-22(25)14-30-36-28-9-8-21(32(39)40)13-29(28)38(30)17-23-10-11-41-23/h1-9,12-13,15,23H,10-11,14,17-18H2,(H,39,40)/t23-/m0/s1. The van der Waals surface area contributed by atoms with Crippen LogP contribution < -0.4 is 4.74 Å². The van der Waals surface area contributed by atoms with Crippen LogP contribution in [0, 0.1) is 23.0 Å². The Bertz CT molecular complexity index is 1840. The molecule has 1 fully saturated rings. The molecule has 0 aliphatic carbocycles. The van der Waals surface area contributed by atoms with E-state index in [1.54, 1.807) is 48.5 Å². The van der Waals surface area contributed by atoms with Crippen molar-refractivity contribution in [1.82, 2.24) is 14.5 Å². The zero-order valence-corrected chi connectivity index (χ0v) is 22.3. The first-order valence-corrected chi connectivity index (χ1v) is 13.3. The lowest BCUT2D eigenvalue weighted by Crippen LogP contribution is -2.31. The number of pyridine rings is 1. The number of carbonyl (C=O) groups is 1. The van der Waals surface area contributed by atoms with Gasteiger partial charge in [-0.05, 0) is 66.1 Å². The molecule has 3 heterocycles. The van der Waals surface area contributed by atoms with E-state index in [1.807, 2.05) is 4.57 Å². The third-order valence-corrected chi connectivity index (χ3v) is 7.21. The zero-order chi connectivity index (χ0) is 29.2. The van der Waals surface area contributed by atoms with Crippen molar-refractivity contribution in [1.29, 1.82) is 5.26 Å². The summed E-state index contributed by atoms with van der Waals surface area (Å²) in [6.07, 6.45) is 0.781. The van der Waals surface area contributed by atoms with Gasteiger partial charge in [0.05, 0.1) is 46.6 Å². The van der Waals surface area contributed by atoms with E-state index in [1.165, 1.54) is 12.1 Å². The van der Waals surface area contributed by atoms with Crippen molar-refractivity contribution in [3.8, 4) is 23.2 Å². The highest BCUT2D eigenvalue weighted by Crippen LogP contribution is 2.29. The number of fused-ring (bicyclic) bond motifs is 1. The van der Waals surface area contributed by atoms with Gasteiger partial charge in [-0.2, -0.15) is 5.26 Å². The minimum Gasteiger partial charge on any atom is -0.478 e. The molecule has 0 spiro atoms. The van der Waals surface area contributed by atoms with Crippen LogP contribution in [0.25, 0.3) is 22.3 Å². The summed E-state index contributed by atoms with van der Waals surface area (Å²) in [5, 5.41) is 18.4. The zero-order valence-electron chi connectivity index (χ0n) is 22.3. The first kappa shape index (κ1) is 27.1. The number of benzene rings is 3. The maximum absolute atomic E-state index is 15.4. The predicted molar refractivity (Wildman–Crippen MR) is 149 cm³/mol.